The van der Waals surface area contributed by atoms with E-state index < -0.39 is 0 Å². The summed E-state index contributed by atoms with van der Waals surface area (Å²) in [4.78, 5) is 2.61. The molecule has 2 heteroatoms. The van der Waals surface area contributed by atoms with E-state index in [4.69, 9.17) is 0 Å². The first-order chi connectivity index (χ1) is 8.95. The quantitative estimate of drug-likeness (QED) is 0.899. The highest BCUT2D eigenvalue weighted by Gasteiger charge is 2.28. The van der Waals surface area contributed by atoms with Crippen LogP contribution in [0.5, 0.6) is 0 Å². The zero-order chi connectivity index (χ0) is 13.9. The normalized spacial score (nSPS) is 21.6. The van der Waals surface area contributed by atoms with Crippen molar-refractivity contribution in [1.82, 2.24) is 10.2 Å². The van der Waals surface area contributed by atoms with E-state index in [1.807, 2.05) is 0 Å². The first-order valence-electron chi connectivity index (χ1n) is 7.46. The fourth-order valence-electron chi connectivity index (χ4n) is 2.75. The largest absolute Gasteiger partial charge is 0.311 e. The molecule has 1 aromatic rings. The van der Waals surface area contributed by atoms with Crippen molar-refractivity contribution < 1.29 is 0 Å². The molecule has 0 bridgehead atoms. The number of aryl methyl sites for hydroxylation is 1. The Bertz CT molecular complexity index is 406. The van der Waals surface area contributed by atoms with Crippen LogP contribution >= 0.6 is 0 Å². The molecule has 1 heterocycles. The van der Waals surface area contributed by atoms with Crippen LogP contribution < -0.4 is 5.32 Å². The Hall–Kier alpha value is -0.860. The van der Waals surface area contributed by atoms with Crippen LogP contribution in [-0.2, 0) is 6.42 Å². The summed E-state index contributed by atoms with van der Waals surface area (Å²) in [6, 6.07) is 9.50. The minimum atomic E-state index is 0.349. The summed E-state index contributed by atoms with van der Waals surface area (Å²) in [5.41, 5.74) is 3.18. The van der Waals surface area contributed by atoms with Gasteiger partial charge in [0.2, 0.25) is 0 Å². The number of hydrogen-bond acceptors (Lipinski definition) is 2. The maximum atomic E-state index is 3.65. The lowest BCUT2D eigenvalue weighted by molar-refractivity contribution is 0.135. The van der Waals surface area contributed by atoms with Crippen LogP contribution in [0.25, 0.3) is 0 Å². The molecule has 0 radical (unpaired) electrons. The van der Waals surface area contributed by atoms with E-state index in [9.17, 15) is 0 Å². The Balaban J connectivity index is 1.86. The number of benzene rings is 1. The van der Waals surface area contributed by atoms with Crippen LogP contribution in [0, 0.1) is 12.3 Å². The van der Waals surface area contributed by atoms with E-state index in [0.717, 1.165) is 6.54 Å². The molecule has 1 unspecified atom stereocenters. The maximum absolute atomic E-state index is 3.65. The van der Waals surface area contributed by atoms with Crippen molar-refractivity contribution in [1.29, 1.82) is 0 Å². The third kappa shape index (κ3) is 4.32. The van der Waals surface area contributed by atoms with Crippen molar-refractivity contribution in [2.75, 3.05) is 26.2 Å². The molecule has 0 saturated carbocycles. The Morgan fingerprint density at radius 2 is 2.11 bits per heavy atom. The van der Waals surface area contributed by atoms with Gasteiger partial charge in [-0.05, 0) is 24.3 Å². The highest BCUT2D eigenvalue weighted by Crippen LogP contribution is 2.21. The van der Waals surface area contributed by atoms with E-state index in [1.165, 1.54) is 37.2 Å². The van der Waals surface area contributed by atoms with Crippen molar-refractivity contribution in [3.63, 3.8) is 0 Å². The second-order valence-electron chi connectivity index (χ2n) is 6.91. The molecule has 106 valence electrons. The van der Waals surface area contributed by atoms with E-state index in [0.29, 0.717) is 11.5 Å². The van der Waals surface area contributed by atoms with Gasteiger partial charge in [-0.25, -0.2) is 0 Å². The number of nitrogens with zero attached hydrogens (tertiary/aromatic N) is 1. The molecule has 1 atom stereocenters. The van der Waals surface area contributed by atoms with Crippen molar-refractivity contribution in [2.24, 2.45) is 5.41 Å². The molecule has 1 aliphatic rings. The van der Waals surface area contributed by atoms with Gasteiger partial charge in [0.15, 0.2) is 0 Å². The highest BCUT2D eigenvalue weighted by atomic mass is 15.2. The number of rotatable bonds is 3. The van der Waals surface area contributed by atoms with Crippen LogP contribution in [0.2, 0.25) is 0 Å². The summed E-state index contributed by atoms with van der Waals surface area (Å²) in [6.45, 7) is 13.8. The molecule has 2 rings (SSSR count). The second kappa shape index (κ2) is 6.06. The van der Waals surface area contributed by atoms with Crippen molar-refractivity contribution in [3.8, 4) is 0 Å². The monoisotopic (exact) mass is 260 g/mol. The SMILES string of the molecule is Cc1cccc(CCN2CCNC(C(C)(C)C)C2)c1. The predicted octanol–water partition coefficient (Wildman–Crippen LogP) is 2.86. The van der Waals surface area contributed by atoms with E-state index >= 15 is 0 Å². The van der Waals surface area contributed by atoms with Crippen LogP contribution in [0.3, 0.4) is 0 Å². The number of piperazine rings is 1. The summed E-state index contributed by atoms with van der Waals surface area (Å²) in [5.74, 6) is 0. The standard InChI is InChI=1S/C17H28N2/c1-14-6-5-7-15(12-14)8-10-19-11-9-18-16(13-19)17(2,3)4/h5-7,12,16,18H,8-11,13H2,1-4H3. The first kappa shape index (κ1) is 14.5. The third-order valence-corrected chi connectivity index (χ3v) is 4.10. The minimum Gasteiger partial charge on any atom is -0.311 e. The predicted molar refractivity (Wildman–Crippen MR) is 82.6 cm³/mol. The van der Waals surface area contributed by atoms with E-state index in [1.54, 1.807) is 0 Å². The average molecular weight is 260 g/mol. The lowest BCUT2D eigenvalue weighted by Crippen LogP contribution is -2.56. The van der Waals surface area contributed by atoms with Gasteiger partial charge in [0.1, 0.15) is 0 Å². The lowest BCUT2D eigenvalue weighted by atomic mass is 9.85. The molecule has 0 aliphatic carbocycles. The van der Waals surface area contributed by atoms with E-state index in [2.05, 4.69) is 62.2 Å². The molecule has 1 aromatic carbocycles. The van der Waals surface area contributed by atoms with Gasteiger partial charge in [0, 0.05) is 32.2 Å². The topological polar surface area (TPSA) is 15.3 Å². The Kier molecular flexibility index (Phi) is 4.64. The van der Waals surface area contributed by atoms with Gasteiger partial charge in [-0.2, -0.15) is 0 Å². The van der Waals surface area contributed by atoms with Crippen LogP contribution in [0.1, 0.15) is 31.9 Å². The molecule has 19 heavy (non-hydrogen) atoms. The summed E-state index contributed by atoms with van der Waals surface area (Å²) in [6.07, 6.45) is 1.17. The molecular weight excluding hydrogens is 232 g/mol. The van der Waals surface area contributed by atoms with Gasteiger partial charge in [0.25, 0.3) is 0 Å². The molecule has 0 spiro atoms. The molecule has 2 nitrogen and oxygen atoms in total. The summed E-state index contributed by atoms with van der Waals surface area (Å²) < 4.78 is 0. The van der Waals surface area contributed by atoms with Gasteiger partial charge in [-0.3, -0.25) is 0 Å². The zero-order valence-corrected chi connectivity index (χ0v) is 12.9. The third-order valence-electron chi connectivity index (χ3n) is 4.10. The van der Waals surface area contributed by atoms with Crippen molar-refractivity contribution >= 4 is 0 Å². The fraction of sp³-hybridized carbons (Fsp3) is 0.647. The molecule has 0 aromatic heterocycles. The van der Waals surface area contributed by atoms with Gasteiger partial charge >= 0.3 is 0 Å². The summed E-state index contributed by atoms with van der Waals surface area (Å²) in [5, 5.41) is 3.65. The average Bonchev–Trinajstić information content (AvgIpc) is 2.36. The summed E-state index contributed by atoms with van der Waals surface area (Å²) in [7, 11) is 0. The minimum absolute atomic E-state index is 0.349. The van der Waals surface area contributed by atoms with Gasteiger partial charge in [-0.15, -0.1) is 0 Å². The van der Waals surface area contributed by atoms with E-state index in [-0.39, 0.29) is 0 Å². The first-order valence-corrected chi connectivity index (χ1v) is 7.46. The maximum Gasteiger partial charge on any atom is 0.0244 e. The highest BCUT2D eigenvalue weighted by molar-refractivity contribution is 5.22. The van der Waals surface area contributed by atoms with Gasteiger partial charge in [-0.1, -0.05) is 50.6 Å². The smallest absolute Gasteiger partial charge is 0.0244 e. The number of nitrogens with one attached hydrogen (secondary N) is 1. The zero-order valence-electron chi connectivity index (χ0n) is 12.9. The molecule has 1 aliphatic heterocycles. The fourth-order valence-corrected chi connectivity index (χ4v) is 2.75. The van der Waals surface area contributed by atoms with Crippen LogP contribution in [0.4, 0.5) is 0 Å². The van der Waals surface area contributed by atoms with Crippen molar-refractivity contribution in [2.45, 2.75) is 40.2 Å². The van der Waals surface area contributed by atoms with Crippen LogP contribution in [-0.4, -0.2) is 37.1 Å². The Morgan fingerprint density at radius 1 is 1.32 bits per heavy atom. The molecule has 1 N–H and O–H groups in total. The Labute approximate surface area is 118 Å². The van der Waals surface area contributed by atoms with Gasteiger partial charge < -0.3 is 10.2 Å². The molecule has 1 saturated heterocycles. The second-order valence-corrected chi connectivity index (χ2v) is 6.91. The summed E-state index contributed by atoms with van der Waals surface area (Å²) >= 11 is 0. The molecule has 1 fully saturated rings. The number of hydrogen-bond donors (Lipinski definition) is 1. The van der Waals surface area contributed by atoms with Crippen LogP contribution in [0.15, 0.2) is 24.3 Å². The molecule has 0 amide bonds. The molecular formula is C17H28N2. The lowest BCUT2D eigenvalue weighted by Gasteiger charge is -2.40. The van der Waals surface area contributed by atoms with Gasteiger partial charge in [0.05, 0.1) is 0 Å². The Morgan fingerprint density at radius 3 is 2.79 bits per heavy atom. The van der Waals surface area contributed by atoms with Crippen molar-refractivity contribution in [3.05, 3.63) is 35.4 Å².